The molecule has 0 radical (unpaired) electrons. The Morgan fingerprint density at radius 2 is 2.21 bits per heavy atom. The first kappa shape index (κ1) is 10.3. The molecule has 0 atom stereocenters. The highest BCUT2D eigenvalue weighted by atomic mass is 16.6. The van der Waals surface area contributed by atoms with E-state index in [2.05, 4.69) is 4.98 Å². The first-order chi connectivity index (χ1) is 6.57. The molecule has 0 aromatic carbocycles. The van der Waals surface area contributed by atoms with Crippen LogP contribution in [0.5, 0.6) is 0 Å². The van der Waals surface area contributed by atoms with Crippen LogP contribution in [-0.2, 0) is 4.74 Å². The summed E-state index contributed by atoms with van der Waals surface area (Å²) in [5.41, 5.74) is 6.20. The van der Waals surface area contributed by atoms with Crippen LogP contribution in [0.25, 0.3) is 0 Å². The molecule has 0 bridgehead atoms. The van der Waals surface area contributed by atoms with Crippen molar-refractivity contribution in [2.75, 3.05) is 6.61 Å². The van der Waals surface area contributed by atoms with Gasteiger partial charge in [-0.05, 0) is 19.4 Å². The minimum absolute atomic E-state index is 0.244. The van der Waals surface area contributed by atoms with Crippen LogP contribution in [0, 0.1) is 6.92 Å². The molecular weight excluding hydrogens is 190 g/mol. The maximum Gasteiger partial charge on any atom is 0.339 e. The third kappa shape index (κ3) is 1.76. The molecule has 14 heavy (non-hydrogen) atoms. The van der Waals surface area contributed by atoms with Crippen molar-refractivity contribution in [3.05, 3.63) is 23.0 Å². The number of hydrogen-bond donors (Lipinski definition) is 2. The highest BCUT2D eigenvalue weighted by molar-refractivity contribution is 5.98. The lowest BCUT2D eigenvalue weighted by Crippen LogP contribution is -2.13. The van der Waals surface area contributed by atoms with Gasteiger partial charge in [-0.25, -0.2) is 4.79 Å². The number of carbonyl (C=O) groups excluding carboxylic acids is 2. The fourth-order valence-corrected chi connectivity index (χ4v) is 1.17. The van der Waals surface area contributed by atoms with Gasteiger partial charge in [0, 0.05) is 6.20 Å². The normalized spacial score (nSPS) is 9.86. The standard InChI is InChI=1S/C9H12N2O3/c1-3-14-9(13)6-4-11-7(5(6)2)8(10)12/h4,11H,3H2,1-2H3,(H2,10,12)/i2+1,5+1,6+1,9+1,10+1,11+1. The van der Waals surface area contributed by atoms with Crippen LogP contribution in [-0.4, -0.2) is 23.5 Å². The van der Waals surface area contributed by atoms with Crippen molar-refractivity contribution in [3.63, 3.8) is 0 Å². The molecular formula is C9H12N2O3. The Morgan fingerprint density at radius 3 is 2.64 bits per heavy atom. The topological polar surface area (TPSA) is 85.2 Å². The average molecular weight is 202 g/mol. The summed E-state index contributed by atoms with van der Waals surface area (Å²) in [6.45, 7) is 3.66. The molecule has 1 heterocycles. The van der Waals surface area contributed by atoms with Crippen molar-refractivity contribution in [1.29, 1.82) is 0 Å². The summed E-state index contributed by atoms with van der Waals surface area (Å²) in [5.74, 6) is -1.04. The van der Waals surface area contributed by atoms with Crippen LogP contribution < -0.4 is 5.73 Å². The zero-order valence-electron chi connectivity index (χ0n) is 8.09. The predicted molar refractivity (Wildman–Crippen MR) is 50.0 cm³/mol. The lowest BCUT2D eigenvalue weighted by Gasteiger charge is -1.99. The fourth-order valence-electron chi connectivity index (χ4n) is 1.17. The lowest BCUT2D eigenvalue weighted by molar-refractivity contribution is 0.0526. The van der Waals surface area contributed by atoms with E-state index in [0.29, 0.717) is 17.7 Å². The van der Waals surface area contributed by atoms with Gasteiger partial charge in [0.05, 0.1) is 12.2 Å². The maximum absolute atomic E-state index is 11.3. The summed E-state index contributed by atoms with van der Waals surface area (Å²) in [7, 11) is 0. The summed E-state index contributed by atoms with van der Waals surface area (Å²) < 4.78 is 4.79. The van der Waals surface area contributed by atoms with Gasteiger partial charge in [-0.15, -0.1) is 0 Å². The quantitative estimate of drug-likeness (QED) is 0.427. The van der Waals surface area contributed by atoms with Gasteiger partial charge in [0.25, 0.3) is 5.91 Å². The zero-order chi connectivity index (χ0) is 10.7. The van der Waals surface area contributed by atoms with Crippen LogP contribution in [0.2, 0.25) is 0 Å². The highest BCUT2D eigenvalue weighted by Crippen LogP contribution is 2.13. The van der Waals surface area contributed by atoms with Gasteiger partial charge in [-0.1, -0.05) is 0 Å². The van der Waals surface area contributed by atoms with Gasteiger partial charge < -0.3 is 15.5 Å². The largest absolute Gasteiger partial charge is 0.462 e. The number of nitrogens with one attached hydrogen (secondary N) is 1. The van der Waals surface area contributed by atoms with Gasteiger partial charge >= 0.3 is 5.97 Å². The molecule has 0 saturated heterocycles. The number of rotatable bonds is 3. The SMILES string of the molecule is CCO[13C](=O)[13c]1c[15nH]c(C([15NH2])=O)[13c]1[13CH3]. The van der Waals surface area contributed by atoms with Crippen molar-refractivity contribution in [2.45, 2.75) is 13.8 Å². The Morgan fingerprint density at radius 1 is 1.57 bits per heavy atom. The van der Waals surface area contributed by atoms with E-state index < -0.39 is 11.9 Å². The molecule has 0 spiro atoms. The van der Waals surface area contributed by atoms with Crippen LogP contribution >= 0.6 is 0 Å². The number of carbonyl (C=O) groups is 2. The molecule has 76 valence electrons. The molecule has 0 saturated carbocycles. The molecule has 5 heteroatoms. The number of primary amides is 1. The molecule has 0 aliphatic heterocycles. The predicted octanol–water partition coefficient (Wildman–Crippen LogP) is 0.599. The van der Waals surface area contributed by atoms with Gasteiger partial charge in [-0.3, -0.25) is 4.79 Å². The Balaban J connectivity index is 3.00. The minimum atomic E-state index is -0.585. The summed E-state index contributed by atoms with van der Waals surface area (Å²) in [6.07, 6.45) is 1.42. The smallest absolute Gasteiger partial charge is 0.339 e. The van der Waals surface area contributed by atoms with E-state index in [1.54, 1.807) is 13.8 Å². The summed E-state index contributed by atoms with van der Waals surface area (Å²) in [6, 6.07) is 0. The van der Waals surface area contributed by atoms with E-state index in [1.165, 1.54) is 6.20 Å². The molecule has 1 aromatic heterocycles. The fraction of sp³-hybridized carbons (Fsp3) is 0.333. The Bertz CT molecular complexity index is 368. The highest BCUT2D eigenvalue weighted by Gasteiger charge is 2.17. The molecule has 3 N–H and O–H groups in total. The van der Waals surface area contributed by atoms with Crippen molar-refractivity contribution >= 4 is 11.9 Å². The van der Waals surface area contributed by atoms with E-state index in [4.69, 9.17) is 10.5 Å². The number of esters is 1. The molecule has 1 rings (SSSR count). The summed E-state index contributed by atoms with van der Waals surface area (Å²) in [5, 5.41) is 0. The van der Waals surface area contributed by atoms with E-state index in [0.717, 1.165) is 0 Å². The molecule has 1 aromatic rings. The number of H-pyrrole nitrogens is 1. The number of aromatic nitrogens is 1. The van der Waals surface area contributed by atoms with Crippen LogP contribution in [0.1, 0.15) is 33.3 Å². The Kier molecular flexibility index (Phi) is 2.91. The average Bonchev–Trinajstić information content (AvgIpc) is 2.47. The van der Waals surface area contributed by atoms with Crippen LogP contribution in [0.15, 0.2) is 6.20 Å². The third-order valence-corrected chi connectivity index (χ3v) is 1.88. The van der Waals surface area contributed by atoms with E-state index >= 15 is 0 Å². The second-order valence-electron chi connectivity index (χ2n) is 2.79. The summed E-state index contributed by atoms with van der Waals surface area (Å²) in [4.78, 5) is 24.8. The van der Waals surface area contributed by atoms with Crippen molar-refractivity contribution in [2.24, 2.45) is 5.73 Å². The number of aromatic amines is 1. The van der Waals surface area contributed by atoms with Crippen molar-refractivity contribution in [3.8, 4) is 0 Å². The monoisotopic (exact) mass is 202 g/mol. The summed E-state index contributed by atoms with van der Waals surface area (Å²) >= 11 is 0. The van der Waals surface area contributed by atoms with Gasteiger partial charge in [0.2, 0.25) is 0 Å². The first-order valence-corrected chi connectivity index (χ1v) is 4.22. The first-order valence-electron chi connectivity index (χ1n) is 4.22. The van der Waals surface area contributed by atoms with E-state index in [-0.39, 0.29) is 5.69 Å². The molecule has 1 amide bonds. The number of ether oxygens (including phenoxy) is 1. The molecule has 0 aliphatic carbocycles. The number of amides is 1. The van der Waals surface area contributed by atoms with Crippen molar-refractivity contribution < 1.29 is 14.3 Å². The Hall–Kier alpha value is -1.78. The number of nitrogens with two attached hydrogens (primary N) is 1. The maximum atomic E-state index is 11.3. The van der Waals surface area contributed by atoms with Crippen LogP contribution in [0.3, 0.4) is 0 Å². The second kappa shape index (κ2) is 3.95. The van der Waals surface area contributed by atoms with E-state index in [9.17, 15) is 9.59 Å². The van der Waals surface area contributed by atoms with Crippen LogP contribution in [0.4, 0.5) is 0 Å². The molecule has 0 aliphatic rings. The van der Waals surface area contributed by atoms with E-state index in [1.807, 2.05) is 0 Å². The molecule has 5 nitrogen and oxygen atoms in total. The molecule has 0 unspecified atom stereocenters. The minimum Gasteiger partial charge on any atom is -0.462 e. The Labute approximate surface area is 81.2 Å². The lowest BCUT2D eigenvalue weighted by atomic mass is 10.6. The van der Waals surface area contributed by atoms with Crippen molar-refractivity contribution in [1.82, 2.24) is 4.98 Å². The van der Waals surface area contributed by atoms with Gasteiger partial charge in [0.15, 0.2) is 0 Å². The van der Waals surface area contributed by atoms with Gasteiger partial charge in [0.1, 0.15) is 5.69 Å². The number of hydrogen-bond acceptors (Lipinski definition) is 3. The second-order valence-corrected chi connectivity index (χ2v) is 2.79. The third-order valence-electron chi connectivity index (χ3n) is 1.88. The molecule has 0 fully saturated rings. The van der Waals surface area contributed by atoms with Gasteiger partial charge in [-0.2, -0.15) is 0 Å². The zero-order valence-corrected chi connectivity index (χ0v) is 8.09.